The Morgan fingerprint density at radius 3 is 2.23 bits per heavy atom. The summed E-state index contributed by atoms with van der Waals surface area (Å²) in [7, 11) is 0. The van der Waals surface area contributed by atoms with Crippen LogP contribution in [0.5, 0.6) is 5.75 Å². The van der Waals surface area contributed by atoms with E-state index in [1.807, 2.05) is 6.07 Å². The second kappa shape index (κ2) is 7.78. The van der Waals surface area contributed by atoms with Gasteiger partial charge in [-0.1, -0.05) is 42.5 Å². The third kappa shape index (κ3) is 5.23. The normalized spacial score (nSPS) is 15.0. The number of hydrogen-bond donors (Lipinski definition) is 2. The maximum absolute atomic E-state index is 12.5. The van der Waals surface area contributed by atoms with Crippen LogP contribution in [0.4, 0.5) is 13.2 Å². The van der Waals surface area contributed by atoms with Gasteiger partial charge in [0, 0.05) is 0 Å². The minimum absolute atomic E-state index is 0.109. The Hall–Kier alpha value is -2.54. The van der Waals surface area contributed by atoms with Gasteiger partial charge in [0.15, 0.2) is 6.61 Å². The molecule has 7 heteroatoms. The van der Waals surface area contributed by atoms with Crippen molar-refractivity contribution in [2.24, 2.45) is 5.73 Å². The van der Waals surface area contributed by atoms with E-state index in [1.165, 1.54) is 12.1 Å². The highest BCUT2D eigenvalue weighted by molar-refractivity contribution is 5.87. The Bertz CT molecular complexity index is 729. The molecule has 2 aromatic carbocycles. The molecule has 0 fully saturated rings. The van der Waals surface area contributed by atoms with Crippen molar-refractivity contribution in [3.8, 4) is 5.75 Å². The highest BCUT2D eigenvalue weighted by Gasteiger charge is 2.31. The fourth-order valence-electron chi connectivity index (χ4n) is 2.36. The van der Waals surface area contributed by atoms with Gasteiger partial charge in [-0.25, -0.2) is 0 Å². The van der Waals surface area contributed by atoms with E-state index in [4.69, 9.17) is 5.73 Å². The number of benzene rings is 2. The van der Waals surface area contributed by atoms with Gasteiger partial charge in [0.2, 0.25) is 5.91 Å². The van der Waals surface area contributed by atoms with E-state index in [9.17, 15) is 18.0 Å². The van der Waals surface area contributed by atoms with Crippen LogP contribution in [0.25, 0.3) is 0 Å². The van der Waals surface area contributed by atoms with E-state index in [0.717, 1.165) is 5.56 Å². The van der Waals surface area contributed by atoms with Crippen LogP contribution in [0.15, 0.2) is 54.6 Å². The molecule has 0 saturated carbocycles. The molecule has 4 nitrogen and oxygen atoms in total. The Morgan fingerprint density at radius 1 is 1.12 bits per heavy atom. The van der Waals surface area contributed by atoms with Gasteiger partial charge in [0.25, 0.3) is 0 Å². The number of nitrogens with two attached hydrogens (primary N) is 1. The molecule has 0 aliphatic carbocycles. The number of ether oxygens (including phenoxy) is 1. The molecule has 0 bridgehead atoms. The maximum Gasteiger partial charge on any atom is 0.422 e. The zero-order valence-corrected chi connectivity index (χ0v) is 14.5. The number of nitrogens with one attached hydrogen (secondary N) is 1. The minimum Gasteiger partial charge on any atom is -0.484 e. The Morgan fingerprint density at radius 2 is 1.69 bits per heavy atom. The summed E-state index contributed by atoms with van der Waals surface area (Å²) in [6.07, 6.45) is -4.39. The molecule has 140 valence electrons. The summed E-state index contributed by atoms with van der Waals surface area (Å²) in [4.78, 5) is 12.5. The lowest BCUT2D eigenvalue weighted by Crippen LogP contribution is -2.49. The molecule has 0 aliphatic heterocycles. The minimum atomic E-state index is -4.39. The van der Waals surface area contributed by atoms with E-state index in [0.29, 0.717) is 5.56 Å². The van der Waals surface area contributed by atoms with Gasteiger partial charge in [-0.3, -0.25) is 4.79 Å². The molecular formula is C19H21F3N2O2. The SMILES string of the molecule is CC(NC(=O)C(C)(N)c1ccccc1)c1ccc(OCC(F)(F)F)cc1. The van der Waals surface area contributed by atoms with Crippen LogP contribution in [0, 0.1) is 0 Å². The lowest BCUT2D eigenvalue weighted by Gasteiger charge is -2.26. The summed E-state index contributed by atoms with van der Waals surface area (Å²) in [5.41, 5.74) is 6.38. The Balaban J connectivity index is 2.01. The lowest BCUT2D eigenvalue weighted by molar-refractivity contribution is -0.153. The molecule has 0 spiro atoms. The summed E-state index contributed by atoms with van der Waals surface area (Å²) in [6, 6.07) is 14.7. The maximum atomic E-state index is 12.5. The molecule has 2 aromatic rings. The van der Waals surface area contributed by atoms with Crippen LogP contribution in [0.3, 0.4) is 0 Å². The summed E-state index contributed by atoms with van der Waals surface area (Å²) in [5, 5.41) is 2.83. The van der Waals surface area contributed by atoms with Crippen molar-refractivity contribution in [3.05, 3.63) is 65.7 Å². The van der Waals surface area contributed by atoms with Crippen LogP contribution in [0.2, 0.25) is 0 Å². The van der Waals surface area contributed by atoms with Gasteiger partial charge in [-0.15, -0.1) is 0 Å². The van der Waals surface area contributed by atoms with E-state index in [2.05, 4.69) is 10.1 Å². The average Bonchev–Trinajstić information content (AvgIpc) is 2.60. The van der Waals surface area contributed by atoms with Crippen molar-refractivity contribution in [1.82, 2.24) is 5.32 Å². The largest absolute Gasteiger partial charge is 0.484 e. The molecule has 3 N–H and O–H groups in total. The quantitative estimate of drug-likeness (QED) is 0.820. The first-order valence-corrected chi connectivity index (χ1v) is 8.04. The van der Waals surface area contributed by atoms with Crippen molar-refractivity contribution >= 4 is 5.91 Å². The van der Waals surface area contributed by atoms with E-state index in [1.54, 1.807) is 50.2 Å². The number of alkyl halides is 3. The summed E-state index contributed by atoms with van der Waals surface area (Å²) in [6.45, 7) is 2.05. The highest BCUT2D eigenvalue weighted by atomic mass is 19.4. The molecule has 0 saturated heterocycles. The Kier molecular flexibility index (Phi) is 5.92. The number of carbonyl (C=O) groups excluding carboxylic acids is 1. The first-order chi connectivity index (χ1) is 12.1. The fourth-order valence-corrected chi connectivity index (χ4v) is 2.36. The number of halogens is 3. The van der Waals surface area contributed by atoms with Gasteiger partial charge in [0.1, 0.15) is 11.3 Å². The van der Waals surface area contributed by atoms with E-state index >= 15 is 0 Å². The van der Waals surface area contributed by atoms with Gasteiger partial charge < -0.3 is 15.8 Å². The molecule has 0 aromatic heterocycles. The number of rotatable bonds is 6. The third-order valence-corrected chi connectivity index (χ3v) is 3.98. The Labute approximate surface area is 150 Å². The molecule has 2 unspecified atom stereocenters. The summed E-state index contributed by atoms with van der Waals surface area (Å²) >= 11 is 0. The number of carbonyl (C=O) groups is 1. The number of hydrogen-bond acceptors (Lipinski definition) is 3. The zero-order valence-electron chi connectivity index (χ0n) is 14.5. The van der Waals surface area contributed by atoms with Crippen molar-refractivity contribution in [2.45, 2.75) is 31.6 Å². The highest BCUT2D eigenvalue weighted by Crippen LogP contribution is 2.23. The number of amides is 1. The van der Waals surface area contributed by atoms with Crippen molar-refractivity contribution in [1.29, 1.82) is 0 Å². The van der Waals surface area contributed by atoms with Gasteiger partial charge in [-0.05, 0) is 37.1 Å². The first-order valence-electron chi connectivity index (χ1n) is 8.04. The predicted molar refractivity (Wildman–Crippen MR) is 92.5 cm³/mol. The summed E-state index contributed by atoms with van der Waals surface area (Å²) < 4.78 is 41.1. The van der Waals surface area contributed by atoms with E-state index in [-0.39, 0.29) is 17.7 Å². The topological polar surface area (TPSA) is 64.4 Å². The van der Waals surface area contributed by atoms with E-state index < -0.39 is 18.3 Å². The molecular weight excluding hydrogens is 345 g/mol. The van der Waals surface area contributed by atoms with Crippen LogP contribution >= 0.6 is 0 Å². The molecule has 0 aliphatic rings. The van der Waals surface area contributed by atoms with Gasteiger partial charge in [0.05, 0.1) is 6.04 Å². The molecule has 2 atom stereocenters. The molecule has 0 heterocycles. The monoisotopic (exact) mass is 366 g/mol. The van der Waals surface area contributed by atoms with Crippen LogP contribution in [-0.2, 0) is 10.3 Å². The van der Waals surface area contributed by atoms with Crippen molar-refractivity contribution in [2.75, 3.05) is 6.61 Å². The average molecular weight is 366 g/mol. The first kappa shape index (κ1) is 19.8. The standard InChI is InChI=1S/C19H21F3N2O2/c1-13(14-8-10-16(11-9-14)26-12-19(20,21)22)24-17(25)18(2,23)15-6-4-3-5-7-15/h3-11,13H,12,23H2,1-2H3,(H,24,25). The van der Waals surface area contributed by atoms with Crippen molar-refractivity contribution in [3.63, 3.8) is 0 Å². The zero-order chi connectivity index (χ0) is 19.4. The van der Waals surface area contributed by atoms with Crippen molar-refractivity contribution < 1.29 is 22.7 Å². The summed E-state index contributed by atoms with van der Waals surface area (Å²) in [5.74, 6) is -0.244. The smallest absolute Gasteiger partial charge is 0.422 e. The predicted octanol–water partition coefficient (Wildman–Crippen LogP) is 3.68. The van der Waals surface area contributed by atoms with Gasteiger partial charge >= 0.3 is 6.18 Å². The third-order valence-electron chi connectivity index (χ3n) is 3.98. The molecule has 0 radical (unpaired) electrons. The second-order valence-corrected chi connectivity index (χ2v) is 6.24. The molecule has 2 rings (SSSR count). The van der Waals surface area contributed by atoms with Crippen LogP contribution < -0.4 is 15.8 Å². The lowest BCUT2D eigenvalue weighted by atomic mass is 9.91. The fraction of sp³-hybridized carbons (Fsp3) is 0.316. The second-order valence-electron chi connectivity index (χ2n) is 6.24. The molecule has 26 heavy (non-hydrogen) atoms. The van der Waals surface area contributed by atoms with Gasteiger partial charge in [-0.2, -0.15) is 13.2 Å². The van der Waals surface area contributed by atoms with Crippen LogP contribution in [-0.4, -0.2) is 18.7 Å². The molecule has 1 amide bonds. The van der Waals surface area contributed by atoms with Crippen LogP contribution in [0.1, 0.15) is 31.0 Å².